The van der Waals surface area contributed by atoms with E-state index in [1.165, 1.54) is 17.7 Å². The van der Waals surface area contributed by atoms with Gasteiger partial charge in [0.05, 0.1) is 11.5 Å². The van der Waals surface area contributed by atoms with Crippen molar-refractivity contribution in [1.29, 1.82) is 0 Å². The molecule has 5 atom stereocenters. The van der Waals surface area contributed by atoms with Gasteiger partial charge in [0.15, 0.2) is 0 Å². The molecule has 28 heavy (non-hydrogen) atoms. The Morgan fingerprint density at radius 1 is 1.07 bits per heavy atom. The first-order valence-corrected chi connectivity index (χ1v) is 10.3. The number of fused-ring (bicyclic) bond motifs is 2. The van der Waals surface area contributed by atoms with E-state index in [1.807, 2.05) is 0 Å². The van der Waals surface area contributed by atoms with Crippen LogP contribution in [0.4, 0.5) is 13.2 Å². The molecule has 158 valence electrons. The predicted octanol–water partition coefficient (Wildman–Crippen LogP) is 2.98. The topological polar surface area (TPSA) is 49.9 Å². The van der Waals surface area contributed by atoms with Crippen molar-refractivity contribution in [3.8, 4) is 0 Å². The average Bonchev–Trinajstić information content (AvgIpc) is 3.34. The number of rotatable bonds is 4. The highest BCUT2D eigenvalue weighted by atomic mass is 19.4. The monoisotopic (exact) mass is 402 g/mol. The lowest BCUT2D eigenvalue weighted by Crippen LogP contribution is -2.58. The smallest absolute Gasteiger partial charge is 0.397 e. The van der Waals surface area contributed by atoms with Crippen LogP contribution in [-0.2, 0) is 14.3 Å². The molecular weight excluding hydrogens is 373 g/mol. The maximum absolute atomic E-state index is 12.9. The normalized spacial score (nSPS) is 35.4. The molecule has 1 saturated carbocycles. The fraction of sp³-hybridized carbons (Fsp3) is 0.900. The Kier molecular flexibility index (Phi) is 4.71. The SMILES string of the molecule is CC(C)(C)C(=O)OC1C2C3CC(CC1N3CC1CC1)CN2C(=O)CC(F)(F)F. The summed E-state index contributed by atoms with van der Waals surface area (Å²) in [4.78, 5) is 28.9. The molecule has 0 aromatic carbocycles. The largest absolute Gasteiger partial charge is 0.458 e. The molecule has 0 spiro atoms. The molecule has 3 heterocycles. The third kappa shape index (κ3) is 3.76. The van der Waals surface area contributed by atoms with Crippen molar-refractivity contribution in [1.82, 2.24) is 9.80 Å². The minimum absolute atomic E-state index is 0.00402. The van der Waals surface area contributed by atoms with Crippen LogP contribution in [-0.4, -0.2) is 65.2 Å². The Hall–Kier alpha value is -1.31. The summed E-state index contributed by atoms with van der Waals surface area (Å²) < 4.78 is 44.6. The van der Waals surface area contributed by atoms with E-state index in [0.29, 0.717) is 12.5 Å². The third-order valence-electron chi connectivity index (χ3n) is 6.62. The molecule has 5 nitrogen and oxygen atoms in total. The van der Waals surface area contributed by atoms with E-state index >= 15 is 0 Å². The van der Waals surface area contributed by atoms with Crippen LogP contribution in [0.5, 0.6) is 0 Å². The molecule has 0 radical (unpaired) electrons. The van der Waals surface area contributed by atoms with Gasteiger partial charge in [-0.2, -0.15) is 13.2 Å². The highest BCUT2D eigenvalue weighted by Gasteiger charge is 2.61. The molecular formula is C20H29F3N2O3. The number of esters is 1. The Morgan fingerprint density at radius 2 is 1.71 bits per heavy atom. The van der Waals surface area contributed by atoms with Crippen LogP contribution >= 0.6 is 0 Å². The summed E-state index contributed by atoms with van der Waals surface area (Å²) in [6.45, 7) is 6.53. The molecule has 5 unspecified atom stereocenters. The molecule has 3 saturated heterocycles. The van der Waals surface area contributed by atoms with Crippen LogP contribution in [0.3, 0.4) is 0 Å². The van der Waals surface area contributed by atoms with Crippen LogP contribution in [0.25, 0.3) is 0 Å². The van der Waals surface area contributed by atoms with Gasteiger partial charge in [-0.15, -0.1) is 0 Å². The maximum atomic E-state index is 12.9. The van der Waals surface area contributed by atoms with Gasteiger partial charge in [0.25, 0.3) is 0 Å². The van der Waals surface area contributed by atoms with Gasteiger partial charge in [0.1, 0.15) is 12.5 Å². The molecule has 1 amide bonds. The molecule has 4 fully saturated rings. The number of carbonyl (C=O) groups is 2. The van der Waals surface area contributed by atoms with Crippen molar-refractivity contribution in [2.45, 2.75) is 83.3 Å². The summed E-state index contributed by atoms with van der Waals surface area (Å²) in [5.74, 6) is -0.448. The summed E-state index contributed by atoms with van der Waals surface area (Å²) in [6.07, 6.45) is -2.53. The molecule has 0 N–H and O–H groups in total. The van der Waals surface area contributed by atoms with Crippen molar-refractivity contribution in [2.75, 3.05) is 13.1 Å². The predicted molar refractivity (Wildman–Crippen MR) is 95.2 cm³/mol. The van der Waals surface area contributed by atoms with Crippen molar-refractivity contribution in [3.05, 3.63) is 0 Å². The van der Waals surface area contributed by atoms with Crippen LogP contribution in [0.15, 0.2) is 0 Å². The standard InChI is InChI=1S/C20H29F3N2O3/c1-19(2,3)18(27)28-17-14-7-12-6-13(24(14)9-11-4-5-11)16(17)25(10-12)15(26)8-20(21,22)23/h11-14,16-17H,4-10H2,1-3H3. The van der Waals surface area contributed by atoms with E-state index in [-0.39, 0.29) is 24.0 Å². The maximum Gasteiger partial charge on any atom is 0.397 e. The lowest BCUT2D eigenvalue weighted by molar-refractivity contribution is -0.171. The second-order valence-electron chi connectivity index (χ2n) is 10.1. The number of hydrogen-bond acceptors (Lipinski definition) is 4. The zero-order valence-electron chi connectivity index (χ0n) is 16.7. The van der Waals surface area contributed by atoms with Crippen molar-refractivity contribution in [3.63, 3.8) is 0 Å². The van der Waals surface area contributed by atoms with Crippen molar-refractivity contribution >= 4 is 11.9 Å². The van der Waals surface area contributed by atoms with Crippen molar-refractivity contribution in [2.24, 2.45) is 17.3 Å². The summed E-state index contributed by atoms with van der Waals surface area (Å²) >= 11 is 0. The number of halogens is 3. The number of carbonyl (C=O) groups excluding carboxylic acids is 2. The first kappa shape index (κ1) is 20.0. The quantitative estimate of drug-likeness (QED) is 0.679. The van der Waals surface area contributed by atoms with Gasteiger partial charge in [0, 0.05) is 25.2 Å². The lowest BCUT2D eigenvalue weighted by atomic mass is 9.86. The molecule has 3 bridgehead atoms. The molecule has 4 rings (SSSR count). The number of nitrogens with zero attached hydrogens (tertiary/aromatic N) is 2. The van der Waals surface area contributed by atoms with Gasteiger partial charge in [0.2, 0.25) is 5.91 Å². The van der Waals surface area contributed by atoms with Gasteiger partial charge in [-0.05, 0) is 58.3 Å². The Balaban J connectivity index is 1.62. The van der Waals surface area contributed by atoms with E-state index in [0.717, 1.165) is 19.4 Å². The highest BCUT2D eigenvalue weighted by molar-refractivity contribution is 5.78. The molecule has 1 aliphatic carbocycles. The zero-order chi connectivity index (χ0) is 20.4. The lowest BCUT2D eigenvalue weighted by Gasteiger charge is -2.46. The minimum atomic E-state index is -4.53. The van der Waals surface area contributed by atoms with E-state index < -0.39 is 36.1 Å². The van der Waals surface area contributed by atoms with Crippen LogP contribution in [0.1, 0.15) is 52.9 Å². The first-order chi connectivity index (χ1) is 12.9. The second kappa shape index (κ2) is 6.61. The molecule has 0 aromatic heterocycles. The van der Waals surface area contributed by atoms with Gasteiger partial charge in [-0.25, -0.2) is 0 Å². The fourth-order valence-corrected chi connectivity index (χ4v) is 5.19. The number of ether oxygens (including phenoxy) is 1. The van der Waals surface area contributed by atoms with E-state index in [2.05, 4.69) is 4.90 Å². The van der Waals surface area contributed by atoms with Crippen LogP contribution in [0.2, 0.25) is 0 Å². The van der Waals surface area contributed by atoms with Gasteiger partial charge in [-0.3, -0.25) is 14.5 Å². The summed E-state index contributed by atoms with van der Waals surface area (Å²) in [6, 6.07) is -0.471. The van der Waals surface area contributed by atoms with E-state index in [4.69, 9.17) is 4.74 Å². The third-order valence-corrected chi connectivity index (χ3v) is 6.62. The van der Waals surface area contributed by atoms with Gasteiger partial charge in [-0.1, -0.05) is 0 Å². The van der Waals surface area contributed by atoms with Crippen LogP contribution in [0, 0.1) is 17.3 Å². The minimum Gasteiger partial charge on any atom is -0.458 e. The number of hydrogen-bond donors (Lipinski definition) is 0. The number of piperidine rings is 2. The highest BCUT2D eigenvalue weighted by Crippen LogP contribution is 2.49. The van der Waals surface area contributed by atoms with E-state index in [9.17, 15) is 22.8 Å². The van der Waals surface area contributed by atoms with Gasteiger partial charge < -0.3 is 9.64 Å². The summed E-state index contributed by atoms with van der Waals surface area (Å²) in [7, 11) is 0. The Morgan fingerprint density at radius 3 is 2.29 bits per heavy atom. The number of likely N-dealkylation sites (tertiary alicyclic amines) is 1. The van der Waals surface area contributed by atoms with E-state index in [1.54, 1.807) is 20.8 Å². The molecule has 0 aromatic rings. The zero-order valence-corrected chi connectivity index (χ0v) is 16.7. The molecule has 8 heteroatoms. The first-order valence-electron chi connectivity index (χ1n) is 10.3. The van der Waals surface area contributed by atoms with Crippen LogP contribution < -0.4 is 0 Å². The molecule has 4 aliphatic rings. The fourth-order valence-electron chi connectivity index (χ4n) is 5.19. The number of amides is 1. The summed E-state index contributed by atoms with van der Waals surface area (Å²) in [5.41, 5.74) is -0.698. The Labute approximate surface area is 163 Å². The second-order valence-corrected chi connectivity index (χ2v) is 10.1. The Bertz CT molecular complexity index is 656. The van der Waals surface area contributed by atoms with Crippen molar-refractivity contribution < 1.29 is 27.5 Å². The number of alkyl halides is 3. The van der Waals surface area contributed by atoms with Gasteiger partial charge >= 0.3 is 12.1 Å². The molecule has 3 aliphatic heterocycles. The summed E-state index contributed by atoms with van der Waals surface area (Å²) in [5, 5.41) is 0. The average molecular weight is 402 g/mol.